The van der Waals surface area contributed by atoms with Gasteiger partial charge in [-0.15, -0.1) is 0 Å². The van der Waals surface area contributed by atoms with Crippen molar-refractivity contribution in [2.75, 3.05) is 20.3 Å². The fraction of sp³-hybridized carbons (Fsp3) is 0.412. The Bertz CT molecular complexity index is 512. The highest BCUT2D eigenvalue weighted by Crippen LogP contribution is 2.17. The summed E-state index contributed by atoms with van der Waals surface area (Å²) < 4.78 is 9.84. The third-order valence-electron chi connectivity index (χ3n) is 3.32. The van der Waals surface area contributed by atoms with Crippen LogP contribution in [0.5, 0.6) is 5.75 Å². The van der Waals surface area contributed by atoms with Gasteiger partial charge in [0.05, 0.1) is 13.0 Å². The average Bonchev–Trinajstić information content (AvgIpc) is 2.56. The smallest absolute Gasteiger partial charge is 0.407 e. The van der Waals surface area contributed by atoms with Gasteiger partial charge in [-0.25, -0.2) is 4.79 Å². The first kappa shape index (κ1) is 18.5. The average molecular weight is 321 g/mol. The molecule has 0 saturated heterocycles. The maximum Gasteiger partial charge on any atom is 0.407 e. The maximum atomic E-state index is 11.3. The SMILES string of the molecule is C=CCOC(=O)NCCCC(Cc1ccc(OC)cc1)C(=O)O. The van der Waals surface area contributed by atoms with Gasteiger partial charge in [-0.2, -0.15) is 0 Å². The Hall–Kier alpha value is -2.50. The van der Waals surface area contributed by atoms with Gasteiger partial charge in [0, 0.05) is 6.54 Å². The van der Waals surface area contributed by atoms with E-state index in [1.807, 2.05) is 24.3 Å². The number of methoxy groups -OCH3 is 1. The van der Waals surface area contributed by atoms with Gasteiger partial charge in [-0.3, -0.25) is 4.79 Å². The summed E-state index contributed by atoms with van der Waals surface area (Å²) in [4.78, 5) is 22.6. The number of carbonyl (C=O) groups is 2. The molecular weight excluding hydrogens is 298 g/mol. The van der Waals surface area contributed by atoms with Crippen LogP contribution in [-0.2, 0) is 16.0 Å². The molecule has 0 aliphatic rings. The lowest BCUT2D eigenvalue weighted by Gasteiger charge is -2.13. The number of carboxylic acids is 1. The minimum absolute atomic E-state index is 0.154. The maximum absolute atomic E-state index is 11.3. The summed E-state index contributed by atoms with van der Waals surface area (Å²) in [6, 6.07) is 7.34. The third kappa shape index (κ3) is 7.35. The van der Waals surface area contributed by atoms with E-state index in [0.717, 1.165) is 11.3 Å². The first-order valence-electron chi connectivity index (χ1n) is 7.44. The van der Waals surface area contributed by atoms with Crippen LogP contribution in [0.2, 0.25) is 0 Å². The van der Waals surface area contributed by atoms with Gasteiger partial charge >= 0.3 is 12.1 Å². The van der Waals surface area contributed by atoms with E-state index in [0.29, 0.717) is 25.8 Å². The van der Waals surface area contributed by atoms with Crippen LogP contribution in [0.3, 0.4) is 0 Å². The van der Waals surface area contributed by atoms with Gasteiger partial charge in [0.25, 0.3) is 0 Å². The van der Waals surface area contributed by atoms with Gasteiger partial charge in [-0.05, 0) is 37.0 Å². The monoisotopic (exact) mass is 321 g/mol. The van der Waals surface area contributed by atoms with E-state index in [2.05, 4.69) is 11.9 Å². The number of nitrogens with one attached hydrogen (secondary N) is 1. The van der Waals surface area contributed by atoms with Crippen molar-refractivity contribution in [3.8, 4) is 5.75 Å². The number of ether oxygens (including phenoxy) is 2. The lowest BCUT2D eigenvalue weighted by atomic mass is 9.95. The largest absolute Gasteiger partial charge is 0.497 e. The number of hydrogen-bond acceptors (Lipinski definition) is 4. The van der Waals surface area contributed by atoms with Crippen molar-refractivity contribution in [3.63, 3.8) is 0 Å². The predicted octanol–water partition coefficient (Wildman–Crippen LogP) is 2.63. The Morgan fingerprint density at radius 3 is 2.61 bits per heavy atom. The number of hydrogen-bond donors (Lipinski definition) is 2. The second kappa shape index (κ2) is 10.3. The predicted molar refractivity (Wildman–Crippen MR) is 86.6 cm³/mol. The zero-order valence-electron chi connectivity index (χ0n) is 13.3. The molecule has 1 aromatic rings. The summed E-state index contributed by atoms with van der Waals surface area (Å²) in [6.45, 7) is 3.98. The highest BCUT2D eigenvalue weighted by molar-refractivity contribution is 5.70. The summed E-state index contributed by atoms with van der Waals surface area (Å²) in [5.74, 6) is -0.590. The first-order chi connectivity index (χ1) is 11.1. The van der Waals surface area contributed by atoms with Crippen LogP contribution in [0, 0.1) is 5.92 Å². The molecule has 126 valence electrons. The zero-order chi connectivity index (χ0) is 17.1. The lowest BCUT2D eigenvalue weighted by Crippen LogP contribution is -2.26. The number of aliphatic carboxylic acids is 1. The molecule has 23 heavy (non-hydrogen) atoms. The summed E-state index contributed by atoms with van der Waals surface area (Å²) in [5.41, 5.74) is 0.941. The van der Waals surface area contributed by atoms with Crippen LogP contribution in [0.1, 0.15) is 18.4 Å². The van der Waals surface area contributed by atoms with E-state index in [1.165, 1.54) is 6.08 Å². The zero-order valence-corrected chi connectivity index (χ0v) is 13.3. The van der Waals surface area contributed by atoms with Crippen LogP contribution in [0.25, 0.3) is 0 Å². The molecule has 0 aliphatic carbocycles. The fourth-order valence-electron chi connectivity index (χ4n) is 2.08. The summed E-state index contributed by atoms with van der Waals surface area (Å²) in [5, 5.41) is 11.9. The third-order valence-corrected chi connectivity index (χ3v) is 3.32. The highest BCUT2D eigenvalue weighted by Gasteiger charge is 2.17. The molecule has 1 rings (SSSR count). The van der Waals surface area contributed by atoms with Gasteiger partial charge in [0.1, 0.15) is 12.4 Å². The van der Waals surface area contributed by atoms with Gasteiger partial charge < -0.3 is 19.9 Å². The van der Waals surface area contributed by atoms with Gasteiger partial charge in [0.15, 0.2) is 0 Å². The quantitative estimate of drug-likeness (QED) is 0.511. The number of rotatable bonds is 10. The highest BCUT2D eigenvalue weighted by atomic mass is 16.5. The Morgan fingerprint density at radius 2 is 2.04 bits per heavy atom. The van der Waals surface area contributed by atoms with Gasteiger partial charge in [-0.1, -0.05) is 24.8 Å². The molecule has 6 heteroatoms. The van der Waals surface area contributed by atoms with Crippen molar-refractivity contribution in [2.45, 2.75) is 19.3 Å². The molecule has 1 atom stereocenters. The molecule has 0 radical (unpaired) electrons. The normalized spacial score (nSPS) is 11.3. The van der Waals surface area contributed by atoms with E-state index >= 15 is 0 Å². The Kier molecular flexibility index (Phi) is 8.28. The van der Waals surface area contributed by atoms with Crippen LogP contribution >= 0.6 is 0 Å². The minimum Gasteiger partial charge on any atom is -0.497 e. The van der Waals surface area contributed by atoms with Gasteiger partial charge in [0.2, 0.25) is 0 Å². The molecule has 0 aliphatic heterocycles. The molecule has 0 aromatic heterocycles. The molecule has 0 heterocycles. The molecule has 1 unspecified atom stereocenters. The Morgan fingerprint density at radius 1 is 1.35 bits per heavy atom. The molecule has 1 amide bonds. The number of carbonyl (C=O) groups excluding carboxylic acids is 1. The molecule has 6 nitrogen and oxygen atoms in total. The van der Waals surface area contributed by atoms with Crippen molar-refractivity contribution in [2.24, 2.45) is 5.92 Å². The van der Waals surface area contributed by atoms with Crippen molar-refractivity contribution in [3.05, 3.63) is 42.5 Å². The van der Waals surface area contributed by atoms with Crippen molar-refractivity contribution >= 4 is 12.1 Å². The fourth-order valence-corrected chi connectivity index (χ4v) is 2.08. The van der Waals surface area contributed by atoms with Crippen LogP contribution < -0.4 is 10.1 Å². The van der Waals surface area contributed by atoms with Crippen molar-refractivity contribution < 1.29 is 24.2 Å². The molecule has 0 saturated carbocycles. The van der Waals surface area contributed by atoms with Crippen molar-refractivity contribution in [1.82, 2.24) is 5.32 Å². The molecule has 1 aromatic carbocycles. The lowest BCUT2D eigenvalue weighted by molar-refractivity contribution is -0.141. The van der Waals surface area contributed by atoms with E-state index in [1.54, 1.807) is 7.11 Å². The number of benzene rings is 1. The van der Waals surface area contributed by atoms with Crippen LogP contribution in [-0.4, -0.2) is 37.4 Å². The number of carboxylic acid groups (broad SMARTS) is 1. The molecular formula is C17H23NO5. The molecule has 0 fully saturated rings. The van der Waals surface area contributed by atoms with E-state index in [4.69, 9.17) is 9.47 Å². The minimum atomic E-state index is -0.838. The topological polar surface area (TPSA) is 84.9 Å². The summed E-state index contributed by atoms with van der Waals surface area (Å²) in [7, 11) is 1.59. The second-order valence-electron chi connectivity index (χ2n) is 5.04. The number of alkyl carbamates (subject to hydrolysis) is 1. The van der Waals surface area contributed by atoms with E-state index < -0.39 is 18.0 Å². The van der Waals surface area contributed by atoms with E-state index in [9.17, 15) is 14.7 Å². The molecule has 0 spiro atoms. The summed E-state index contributed by atoms with van der Waals surface area (Å²) in [6.07, 6.45) is 2.45. The van der Waals surface area contributed by atoms with E-state index in [-0.39, 0.29) is 6.61 Å². The Balaban J connectivity index is 2.38. The summed E-state index contributed by atoms with van der Waals surface area (Å²) >= 11 is 0. The van der Waals surface area contributed by atoms with Crippen LogP contribution in [0.4, 0.5) is 4.79 Å². The molecule has 2 N–H and O–H groups in total. The first-order valence-corrected chi connectivity index (χ1v) is 7.44. The van der Waals surface area contributed by atoms with Crippen LogP contribution in [0.15, 0.2) is 36.9 Å². The standard InChI is InChI=1S/C17H23NO5/c1-3-11-23-17(21)18-10-4-5-14(16(19)20)12-13-6-8-15(22-2)9-7-13/h3,6-9,14H,1,4-5,10-12H2,2H3,(H,18,21)(H,19,20). The number of amides is 1. The Labute approximate surface area is 136 Å². The second-order valence-corrected chi connectivity index (χ2v) is 5.04. The molecule has 0 bridgehead atoms. The van der Waals surface area contributed by atoms with Crippen molar-refractivity contribution in [1.29, 1.82) is 0 Å².